The van der Waals surface area contributed by atoms with Gasteiger partial charge in [0.25, 0.3) is 0 Å². The van der Waals surface area contributed by atoms with Crippen LogP contribution in [0.15, 0.2) is 35.4 Å². The lowest BCUT2D eigenvalue weighted by Crippen LogP contribution is -2.18. The number of hydrogen-bond donors (Lipinski definition) is 2. The van der Waals surface area contributed by atoms with Gasteiger partial charge in [0.15, 0.2) is 0 Å². The minimum Gasteiger partial charge on any atom is -0.472 e. The van der Waals surface area contributed by atoms with Crippen LogP contribution in [0.2, 0.25) is 0 Å². The lowest BCUT2D eigenvalue weighted by Gasteiger charge is -2.12. The summed E-state index contributed by atoms with van der Waals surface area (Å²) >= 11 is 0. The average molecular weight is 191 g/mol. The summed E-state index contributed by atoms with van der Waals surface area (Å²) in [5.41, 5.74) is 1.14. The molecule has 2 rings (SSSR count). The third kappa shape index (κ3) is 1.85. The molecule has 2 aromatic rings. The van der Waals surface area contributed by atoms with Crippen LogP contribution in [0, 0.1) is 0 Å². The van der Waals surface area contributed by atoms with E-state index in [1.807, 2.05) is 19.3 Å². The Morgan fingerprint density at radius 2 is 2.57 bits per heavy atom. The lowest BCUT2D eigenvalue weighted by molar-refractivity contribution is 0.538. The first-order chi connectivity index (χ1) is 6.90. The van der Waals surface area contributed by atoms with Crippen LogP contribution >= 0.6 is 0 Å². The van der Waals surface area contributed by atoms with Gasteiger partial charge >= 0.3 is 0 Å². The fraction of sp³-hybridized carbons (Fsp3) is 0.300. The first-order valence-electron chi connectivity index (χ1n) is 4.58. The van der Waals surface area contributed by atoms with Crippen LogP contribution in [-0.4, -0.2) is 17.0 Å². The van der Waals surface area contributed by atoms with E-state index in [2.05, 4.69) is 15.3 Å². The molecule has 0 aliphatic rings. The van der Waals surface area contributed by atoms with Crippen molar-refractivity contribution >= 4 is 0 Å². The maximum atomic E-state index is 5.05. The number of rotatable bonds is 4. The third-order valence-electron chi connectivity index (χ3n) is 2.25. The van der Waals surface area contributed by atoms with Gasteiger partial charge in [0.1, 0.15) is 5.82 Å². The predicted octanol–water partition coefficient (Wildman–Crippen LogP) is 1.51. The summed E-state index contributed by atoms with van der Waals surface area (Å²) in [6.45, 7) is 0. The molecule has 0 aliphatic carbocycles. The van der Waals surface area contributed by atoms with Crippen molar-refractivity contribution < 1.29 is 4.42 Å². The molecule has 0 bridgehead atoms. The number of nitrogens with zero attached hydrogens (tertiary/aromatic N) is 1. The third-order valence-corrected chi connectivity index (χ3v) is 2.25. The van der Waals surface area contributed by atoms with Gasteiger partial charge < -0.3 is 14.7 Å². The molecule has 2 heterocycles. The van der Waals surface area contributed by atoms with E-state index in [9.17, 15) is 0 Å². The zero-order valence-electron chi connectivity index (χ0n) is 8.03. The maximum absolute atomic E-state index is 5.05. The zero-order chi connectivity index (χ0) is 9.80. The SMILES string of the molecule is CNC(Cc1ncc[nH]1)c1ccoc1. The summed E-state index contributed by atoms with van der Waals surface area (Å²) in [5, 5.41) is 3.22. The molecule has 0 fully saturated rings. The molecule has 2 N–H and O–H groups in total. The first kappa shape index (κ1) is 9.02. The molecule has 0 spiro atoms. The van der Waals surface area contributed by atoms with E-state index in [1.54, 1.807) is 18.7 Å². The molecule has 74 valence electrons. The highest BCUT2D eigenvalue weighted by atomic mass is 16.3. The van der Waals surface area contributed by atoms with Crippen LogP contribution in [0.5, 0.6) is 0 Å². The van der Waals surface area contributed by atoms with Gasteiger partial charge in [-0.1, -0.05) is 0 Å². The molecular weight excluding hydrogens is 178 g/mol. The summed E-state index contributed by atoms with van der Waals surface area (Å²) in [6, 6.07) is 2.21. The minimum absolute atomic E-state index is 0.250. The van der Waals surface area contributed by atoms with Gasteiger partial charge in [-0.05, 0) is 13.1 Å². The highest BCUT2D eigenvalue weighted by Gasteiger charge is 2.11. The van der Waals surface area contributed by atoms with Gasteiger partial charge in [-0.15, -0.1) is 0 Å². The monoisotopic (exact) mass is 191 g/mol. The molecule has 0 saturated heterocycles. The van der Waals surface area contributed by atoms with Gasteiger partial charge in [0.05, 0.1) is 12.5 Å². The summed E-state index contributed by atoms with van der Waals surface area (Å²) < 4.78 is 5.05. The van der Waals surface area contributed by atoms with Crippen LogP contribution in [-0.2, 0) is 6.42 Å². The van der Waals surface area contributed by atoms with Crippen LogP contribution in [0.25, 0.3) is 0 Å². The van der Waals surface area contributed by atoms with E-state index in [1.165, 1.54) is 0 Å². The van der Waals surface area contributed by atoms with Crippen molar-refractivity contribution in [3.63, 3.8) is 0 Å². The summed E-state index contributed by atoms with van der Waals surface area (Å²) in [4.78, 5) is 7.27. The quantitative estimate of drug-likeness (QED) is 0.770. The largest absolute Gasteiger partial charge is 0.472 e. The molecular formula is C10H13N3O. The molecule has 0 amide bonds. The van der Waals surface area contributed by atoms with Crippen molar-refractivity contribution in [2.24, 2.45) is 0 Å². The van der Waals surface area contributed by atoms with E-state index in [0.29, 0.717) is 0 Å². The molecule has 14 heavy (non-hydrogen) atoms. The van der Waals surface area contributed by atoms with Crippen LogP contribution in [0.4, 0.5) is 0 Å². The second-order valence-corrected chi connectivity index (χ2v) is 3.14. The Hall–Kier alpha value is -1.55. The van der Waals surface area contributed by atoms with Gasteiger partial charge in [-0.25, -0.2) is 4.98 Å². The number of H-pyrrole nitrogens is 1. The Bertz CT molecular complexity index is 353. The number of imidazole rings is 1. The number of furan rings is 1. The summed E-state index contributed by atoms with van der Waals surface area (Å²) in [5.74, 6) is 0.977. The Balaban J connectivity index is 2.08. The zero-order valence-corrected chi connectivity index (χ0v) is 8.03. The fourth-order valence-corrected chi connectivity index (χ4v) is 1.46. The van der Waals surface area contributed by atoms with Gasteiger partial charge in [0.2, 0.25) is 0 Å². The van der Waals surface area contributed by atoms with Crippen molar-refractivity contribution in [2.75, 3.05) is 7.05 Å². The summed E-state index contributed by atoms with van der Waals surface area (Å²) in [6.07, 6.45) is 7.86. The van der Waals surface area contributed by atoms with Gasteiger partial charge in [0, 0.05) is 30.4 Å². The molecule has 4 nitrogen and oxygen atoms in total. The van der Waals surface area contributed by atoms with Crippen LogP contribution < -0.4 is 5.32 Å². The smallest absolute Gasteiger partial charge is 0.107 e. The Morgan fingerprint density at radius 1 is 1.64 bits per heavy atom. The van der Waals surface area contributed by atoms with Crippen molar-refractivity contribution in [3.8, 4) is 0 Å². The molecule has 4 heteroatoms. The average Bonchev–Trinajstić information content (AvgIpc) is 2.86. The Labute approximate surface area is 82.4 Å². The minimum atomic E-state index is 0.250. The van der Waals surface area contributed by atoms with E-state index in [-0.39, 0.29) is 6.04 Å². The van der Waals surface area contributed by atoms with Gasteiger partial charge in [-0.2, -0.15) is 0 Å². The second-order valence-electron chi connectivity index (χ2n) is 3.14. The molecule has 2 aromatic heterocycles. The first-order valence-corrected chi connectivity index (χ1v) is 4.58. The Kier molecular flexibility index (Phi) is 2.65. The number of likely N-dealkylation sites (N-methyl/N-ethyl adjacent to an activating group) is 1. The molecule has 1 atom stereocenters. The number of nitrogens with one attached hydrogen (secondary N) is 2. The van der Waals surface area contributed by atoms with Crippen LogP contribution in [0.3, 0.4) is 0 Å². The number of aromatic nitrogens is 2. The molecule has 0 radical (unpaired) electrons. The number of hydrogen-bond acceptors (Lipinski definition) is 3. The number of aromatic amines is 1. The van der Waals surface area contributed by atoms with Crippen molar-refractivity contribution in [1.82, 2.24) is 15.3 Å². The molecule has 0 aliphatic heterocycles. The second kappa shape index (κ2) is 4.11. The predicted molar refractivity (Wildman–Crippen MR) is 52.8 cm³/mol. The standard InChI is InChI=1S/C10H13N3O/c1-11-9(8-2-5-14-7-8)6-10-12-3-4-13-10/h2-5,7,9,11H,6H2,1H3,(H,12,13). The van der Waals surface area contributed by atoms with E-state index in [4.69, 9.17) is 4.42 Å². The van der Waals surface area contributed by atoms with E-state index < -0.39 is 0 Å². The highest BCUT2D eigenvalue weighted by molar-refractivity contribution is 5.13. The molecule has 0 aromatic carbocycles. The Morgan fingerprint density at radius 3 is 3.14 bits per heavy atom. The van der Waals surface area contributed by atoms with Crippen LogP contribution in [0.1, 0.15) is 17.4 Å². The van der Waals surface area contributed by atoms with E-state index >= 15 is 0 Å². The topological polar surface area (TPSA) is 53.9 Å². The van der Waals surface area contributed by atoms with E-state index in [0.717, 1.165) is 17.8 Å². The van der Waals surface area contributed by atoms with Crippen molar-refractivity contribution in [3.05, 3.63) is 42.4 Å². The fourth-order valence-electron chi connectivity index (χ4n) is 1.46. The molecule has 0 saturated carbocycles. The maximum Gasteiger partial charge on any atom is 0.107 e. The molecule has 1 unspecified atom stereocenters. The summed E-state index contributed by atoms with van der Waals surface area (Å²) in [7, 11) is 1.93. The van der Waals surface area contributed by atoms with Crippen molar-refractivity contribution in [2.45, 2.75) is 12.5 Å². The normalized spacial score (nSPS) is 12.9. The lowest BCUT2D eigenvalue weighted by atomic mass is 10.1. The van der Waals surface area contributed by atoms with Crippen molar-refractivity contribution in [1.29, 1.82) is 0 Å². The van der Waals surface area contributed by atoms with Gasteiger partial charge in [-0.3, -0.25) is 0 Å². The highest BCUT2D eigenvalue weighted by Crippen LogP contribution is 2.16.